The van der Waals surface area contributed by atoms with Gasteiger partial charge in [-0.3, -0.25) is 14.4 Å². The van der Waals surface area contributed by atoms with E-state index in [1.165, 1.54) is 25.2 Å². The number of ether oxygens (including phenoxy) is 4. The summed E-state index contributed by atoms with van der Waals surface area (Å²) in [6.07, 6.45) is 5.18. The Morgan fingerprint density at radius 2 is 1.77 bits per heavy atom. The SMILES string of the molecule is COC(=O)C(C)(C)C1CCC2(C)C3C(CC4=C(C(C)CC(OC(C)=O)C5OC5(C)C)CCC42C)OC(=O)CC13C. The van der Waals surface area contributed by atoms with Crippen molar-refractivity contribution < 1.29 is 33.3 Å². The topological polar surface area (TPSA) is 91.4 Å². The molecule has 40 heavy (non-hydrogen) atoms. The Balaban J connectivity index is 1.51. The first-order valence-corrected chi connectivity index (χ1v) is 15.3. The first kappa shape index (κ1) is 29.6. The smallest absolute Gasteiger partial charge is 0.311 e. The van der Waals surface area contributed by atoms with Crippen LogP contribution in [0.2, 0.25) is 0 Å². The van der Waals surface area contributed by atoms with Crippen LogP contribution in [0, 0.1) is 39.4 Å². The monoisotopic (exact) mass is 558 g/mol. The lowest BCUT2D eigenvalue weighted by molar-refractivity contribution is -0.238. The van der Waals surface area contributed by atoms with Crippen molar-refractivity contribution in [3.05, 3.63) is 11.1 Å². The predicted octanol–water partition coefficient (Wildman–Crippen LogP) is 6.18. The quantitative estimate of drug-likeness (QED) is 0.160. The molecule has 7 nitrogen and oxygen atoms in total. The molecule has 2 saturated heterocycles. The number of rotatable bonds is 7. The lowest BCUT2D eigenvalue weighted by atomic mass is 9.37. The van der Waals surface area contributed by atoms with Crippen molar-refractivity contribution in [2.75, 3.05) is 7.11 Å². The zero-order chi connectivity index (χ0) is 29.6. The van der Waals surface area contributed by atoms with Gasteiger partial charge >= 0.3 is 17.9 Å². The molecule has 3 aliphatic carbocycles. The highest BCUT2D eigenvalue weighted by atomic mass is 16.6. The van der Waals surface area contributed by atoms with Gasteiger partial charge in [-0.15, -0.1) is 0 Å². The second-order valence-electron chi connectivity index (χ2n) is 15.4. The van der Waals surface area contributed by atoms with Gasteiger partial charge in [0.15, 0.2) is 0 Å². The number of hydrogen-bond donors (Lipinski definition) is 0. The average molecular weight is 559 g/mol. The molecule has 0 N–H and O–H groups in total. The van der Waals surface area contributed by atoms with Gasteiger partial charge in [0, 0.05) is 19.3 Å². The minimum absolute atomic E-state index is 0.0184. The molecular weight excluding hydrogens is 508 g/mol. The maximum Gasteiger partial charge on any atom is 0.311 e. The number of hydrogen-bond acceptors (Lipinski definition) is 7. The van der Waals surface area contributed by atoms with Gasteiger partial charge in [0.25, 0.3) is 0 Å². The molecule has 0 radical (unpaired) electrons. The van der Waals surface area contributed by atoms with Gasteiger partial charge in [0.2, 0.25) is 0 Å². The number of fused-ring (bicyclic) bond motifs is 2. The number of carbonyl (C=O) groups excluding carboxylic acids is 3. The molecule has 0 aromatic heterocycles. The molecule has 2 heterocycles. The molecule has 7 heteroatoms. The molecule has 4 fully saturated rings. The van der Waals surface area contributed by atoms with E-state index in [-0.39, 0.29) is 75.8 Å². The van der Waals surface area contributed by atoms with E-state index in [4.69, 9.17) is 18.9 Å². The first-order valence-electron chi connectivity index (χ1n) is 15.3. The maximum absolute atomic E-state index is 13.2. The van der Waals surface area contributed by atoms with Crippen LogP contribution in [0.25, 0.3) is 0 Å². The summed E-state index contributed by atoms with van der Waals surface area (Å²) in [6, 6.07) is 0. The minimum atomic E-state index is -0.691. The fraction of sp³-hybridized carbons (Fsp3) is 0.848. The lowest BCUT2D eigenvalue weighted by Gasteiger charge is -2.69. The molecule has 2 aliphatic heterocycles. The number of carbonyl (C=O) groups is 3. The lowest BCUT2D eigenvalue weighted by Crippen LogP contribution is -2.67. The summed E-state index contributed by atoms with van der Waals surface area (Å²) in [4.78, 5) is 38.1. The van der Waals surface area contributed by atoms with Crippen LogP contribution in [-0.2, 0) is 33.3 Å². The summed E-state index contributed by atoms with van der Waals surface area (Å²) in [6.45, 7) is 18.9. The highest BCUT2D eigenvalue weighted by Crippen LogP contribution is 2.74. The highest BCUT2D eigenvalue weighted by Gasteiger charge is 2.71. The van der Waals surface area contributed by atoms with Crippen LogP contribution in [-0.4, -0.2) is 48.9 Å². The van der Waals surface area contributed by atoms with Gasteiger partial charge in [-0.25, -0.2) is 0 Å². The van der Waals surface area contributed by atoms with Crippen molar-refractivity contribution in [2.24, 2.45) is 39.4 Å². The van der Waals surface area contributed by atoms with E-state index in [0.717, 1.165) is 38.5 Å². The molecule has 5 rings (SSSR count). The summed E-state index contributed by atoms with van der Waals surface area (Å²) >= 11 is 0. The van der Waals surface area contributed by atoms with Crippen LogP contribution in [0.3, 0.4) is 0 Å². The molecule has 5 aliphatic rings. The second-order valence-corrected chi connectivity index (χ2v) is 15.4. The number of epoxide rings is 1. The van der Waals surface area contributed by atoms with Crippen LogP contribution in [0.5, 0.6) is 0 Å². The van der Waals surface area contributed by atoms with E-state index in [9.17, 15) is 14.4 Å². The molecule has 2 saturated carbocycles. The summed E-state index contributed by atoms with van der Waals surface area (Å²) in [5.41, 5.74) is 1.48. The van der Waals surface area contributed by atoms with E-state index in [1.54, 1.807) is 0 Å². The highest BCUT2D eigenvalue weighted by molar-refractivity contribution is 5.77. The average Bonchev–Trinajstić information content (AvgIpc) is 3.33. The molecule has 9 unspecified atom stereocenters. The van der Waals surface area contributed by atoms with E-state index in [1.807, 2.05) is 27.7 Å². The largest absolute Gasteiger partial charge is 0.469 e. The Kier molecular flexibility index (Phi) is 6.89. The summed E-state index contributed by atoms with van der Waals surface area (Å²) in [5, 5.41) is 0. The van der Waals surface area contributed by atoms with Gasteiger partial charge in [0.05, 0.1) is 24.5 Å². The van der Waals surface area contributed by atoms with Crippen molar-refractivity contribution in [1.82, 2.24) is 0 Å². The van der Waals surface area contributed by atoms with Gasteiger partial charge < -0.3 is 18.9 Å². The molecule has 224 valence electrons. The Morgan fingerprint density at radius 3 is 2.35 bits per heavy atom. The zero-order valence-corrected chi connectivity index (χ0v) is 26.3. The third-order valence-corrected chi connectivity index (χ3v) is 12.4. The molecule has 0 aromatic carbocycles. The maximum atomic E-state index is 13.2. The first-order chi connectivity index (χ1) is 18.4. The van der Waals surface area contributed by atoms with Gasteiger partial charge in [-0.05, 0) is 87.9 Å². The van der Waals surface area contributed by atoms with E-state index < -0.39 is 5.41 Å². The molecule has 9 atom stereocenters. The molecule has 0 spiro atoms. The summed E-state index contributed by atoms with van der Waals surface area (Å²) in [5.74, 6) is -0.215. The molecule has 0 bridgehead atoms. The third kappa shape index (κ3) is 4.19. The predicted molar refractivity (Wildman–Crippen MR) is 150 cm³/mol. The Bertz CT molecular complexity index is 1140. The molecule has 0 amide bonds. The van der Waals surface area contributed by atoms with Crippen molar-refractivity contribution in [2.45, 2.75) is 131 Å². The van der Waals surface area contributed by atoms with E-state index >= 15 is 0 Å². The standard InChI is InChI=1S/C33H50O7/c1-18(15-23(38-19(2)34)27-30(5,6)40-27)20-11-13-32(8)21(20)16-22-26-31(7,17-25(35)39-22)24(12-14-33(26,32)9)29(3,4)28(36)37-10/h18,22-24,26-27H,11-17H2,1-10H3. The molecular formula is C33H50O7. The van der Waals surface area contributed by atoms with Gasteiger partial charge in [-0.2, -0.15) is 0 Å². The molecule has 0 aromatic rings. The van der Waals surface area contributed by atoms with Crippen molar-refractivity contribution in [3.63, 3.8) is 0 Å². The van der Waals surface area contributed by atoms with Gasteiger partial charge in [-0.1, -0.05) is 38.8 Å². The van der Waals surface area contributed by atoms with Crippen LogP contribution >= 0.6 is 0 Å². The Labute approximate surface area is 240 Å². The Hall–Kier alpha value is -1.89. The third-order valence-electron chi connectivity index (χ3n) is 12.4. The van der Waals surface area contributed by atoms with Crippen LogP contribution in [0.4, 0.5) is 0 Å². The summed E-state index contributed by atoms with van der Waals surface area (Å²) in [7, 11) is 1.46. The fourth-order valence-corrected chi connectivity index (χ4v) is 10.4. The fourth-order valence-electron chi connectivity index (χ4n) is 10.4. The van der Waals surface area contributed by atoms with Crippen molar-refractivity contribution in [3.8, 4) is 0 Å². The second kappa shape index (κ2) is 9.31. The Morgan fingerprint density at radius 1 is 1.12 bits per heavy atom. The minimum Gasteiger partial charge on any atom is -0.469 e. The number of esters is 3. The number of allylic oxidation sites excluding steroid dienone is 1. The summed E-state index contributed by atoms with van der Waals surface area (Å²) < 4.78 is 23.1. The van der Waals surface area contributed by atoms with Crippen LogP contribution in [0.1, 0.15) is 107 Å². The van der Waals surface area contributed by atoms with E-state index in [0.29, 0.717) is 6.42 Å². The van der Waals surface area contributed by atoms with Crippen molar-refractivity contribution in [1.29, 1.82) is 0 Å². The zero-order valence-electron chi connectivity index (χ0n) is 26.3. The van der Waals surface area contributed by atoms with E-state index in [2.05, 4.69) is 27.7 Å². The van der Waals surface area contributed by atoms with Crippen LogP contribution < -0.4 is 0 Å². The number of methoxy groups -OCH3 is 1. The normalized spacial score (nSPS) is 41.3. The van der Waals surface area contributed by atoms with Gasteiger partial charge in [0.1, 0.15) is 18.3 Å². The van der Waals surface area contributed by atoms with Crippen LogP contribution in [0.15, 0.2) is 11.1 Å². The van der Waals surface area contributed by atoms with Crippen molar-refractivity contribution >= 4 is 17.9 Å².